The van der Waals surface area contributed by atoms with Crippen LogP contribution in [-0.2, 0) is 6.54 Å². The maximum Gasteiger partial charge on any atom is 0.240 e. The third kappa shape index (κ3) is 4.27. The van der Waals surface area contributed by atoms with Crippen LogP contribution in [0.2, 0.25) is 0 Å². The highest BCUT2D eigenvalue weighted by Crippen LogP contribution is 2.22. The summed E-state index contributed by atoms with van der Waals surface area (Å²) in [4.78, 5) is 6.35. The van der Waals surface area contributed by atoms with E-state index < -0.39 is 0 Å². The van der Waals surface area contributed by atoms with E-state index >= 15 is 0 Å². The summed E-state index contributed by atoms with van der Waals surface area (Å²) >= 11 is 0. The van der Waals surface area contributed by atoms with Crippen LogP contribution in [0, 0.1) is 6.92 Å². The van der Waals surface area contributed by atoms with Gasteiger partial charge in [-0.2, -0.15) is 4.98 Å². The van der Waals surface area contributed by atoms with Crippen LogP contribution in [0.4, 0.5) is 0 Å². The fourth-order valence-electron chi connectivity index (χ4n) is 2.18. The van der Waals surface area contributed by atoms with Crippen LogP contribution in [-0.4, -0.2) is 42.8 Å². The number of hydrogen-bond donors (Lipinski definition) is 1. The quantitative estimate of drug-likeness (QED) is 0.838. The second kappa shape index (κ2) is 7.19. The molecule has 0 spiro atoms. The number of rotatable bonds is 7. The highest BCUT2D eigenvalue weighted by Gasteiger charge is 2.15. The zero-order valence-electron chi connectivity index (χ0n) is 13.0. The molecule has 21 heavy (non-hydrogen) atoms. The van der Waals surface area contributed by atoms with Gasteiger partial charge in [0.25, 0.3) is 0 Å². The standard InChI is InChI=1S/C15H22N4O2/c1-11-17-15(21-18-11)10-16-9-14(19(2)3)12-6-5-7-13(8-12)20-4/h5-8,14,16H,9-10H2,1-4H3/t14-/m1/s1. The molecule has 1 aromatic carbocycles. The minimum absolute atomic E-state index is 0.240. The molecule has 6 nitrogen and oxygen atoms in total. The normalized spacial score (nSPS) is 12.6. The SMILES string of the molecule is COc1cccc([C@@H](CNCc2nc(C)no2)N(C)C)c1. The zero-order chi connectivity index (χ0) is 15.2. The van der Waals surface area contributed by atoms with E-state index in [9.17, 15) is 0 Å². The largest absolute Gasteiger partial charge is 0.497 e. The van der Waals surface area contributed by atoms with Crippen molar-refractivity contribution < 1.29 is 9.26 Å². The van der Waals surface area contributed by atoms with E-state index in [1.165, 1.54) is 5.56 Å². The summed E-state index contributed by atoms with van der Waals surface area (Å²) in [5.41, 5.74) is 1.20. The van der Waals surface area contributed by atoms with E-state index in [2.05, 4.69) is 46.6 Å². The molecule has 0 saturated heterocycles. The first-order chi connectivity index (χ1) is 10.1. The van der Waals surface area contributed by atoms with E-state index in [-0.39, 0.29) is 6.04 Å². The molecule has 0 aliphatic rings. The van der Waals surface area contributed by atoms with Gasteiger partial charge in [0.05, 0.1) is 13.7 Å². The summed E-state index contributed by atoms with van der Waals surface area (Å²) in [5, 5.41) is 7.13. The summed E-state index contributed by atoms with van der Waals surface area (Å²) in [6.07, 6.45) is 0. The molecule has 0 aliphatic carbocycles. The second-order valence-electron chi connectivity index (χ2n) is 5.12. The molecule has 1 heterocycles. The van der Waals surface area contributed by atoms with Crippen LogP contribution >= 0.6 is 0 Å². The first-order valence-corrected chi connectivity index (χ1v) is 6.90. The Morgan fingerprint density at radius 1 is 1.38 bits per heavy atom. The summed E-state index contributed by atoms with van der Waals surface area (Å²) in [7, 11) is 5.80. The second-order valence-corrected chi connectivity index (χ2v) is 5.12. The van der Waals surface area contributed by atoms with E-state index in [4.69, 9.17) is 9.26 Å². The van der Waals surface area contributed by atoms with Crippen molar-refractivity contribution >= 4 is 0 Å². The van der Waals surface area contributed by atoms with Crippen LogP contribution in [0.3, 0.4) is 0 Å². The molecular weight excluding hydrogens is 268 g/mol. The molecular formula is C15H22N4O2. The van der Waals surface area contributed by atoms with E-state index in [0.717, 1.165) is 12.3 Å². The summed E-state index contributed by atoms with van der Waals surface area (Å²) < 4.78 is 10.4. The van der Waals surface area contributed by atoms with E-state index in [1.807, 2.05) is 19.1 Å². The first kappa shape index (κ1) is 15.5. The first-order valence-electron chi connectivity index (χ1n) is 6.90. The number of nitrogens with one attached hydrogen (secondary N) is 1. The molecule has 0 radical (unpaired) electrons. The van der Waals surface area contributed by atoms with Crippen molar-refractivity contribution in [2.24, 2.45) is 0 Å². The molecule has 2 aromatic rings. The molecule has 0 amide bonds. The number of methoxy groups -OCH3 is 1. The van der Waals surface area contributed by atoms with Crippen molar-refractivity contribution in [1.29, 1.82) is 0 Å². The van der Waals surface area contributed by atoms with Gasteiger partial charge >= 0.3 is 0 Å². The number of likely N-dealkylation sites (N-methyl/N-ethyl adjacent to an activating group) is 1. The Kier molecular flexibility index (Phi) is 5.30. The van der Waals surface area contributed by atoms with Crippen LogP contribution in [0.1, 0.15) is 23.3 Å². The Labute approximate surface area is 125 Å². The molecule has 0 bridgehead atoms. The number of benzene rings is 1. The van der Waals surface area contributed by atoms with E-state index in [0.29, 0.717) is 18.3 Å². The van der Waals surface area contributed by atoms with Crippen molar-refractivity contribution in [3.63, 3.8) is 0 Å². The maximum atomic E-state index is 5.29. The van der Waals surface area contributed by atoms with Crippen molar-refractivity contribution in [3.8, 4) is 5.75 Å². The van der Waals surface area contributed by atoms with Crippen molar-refractivity contribution in [1.82, 2.24) is 20.4 Å². The van der Waals surface area contributed by atoms with E-state index in [1.54, 1.807) is 7.11 Å². The third-order valence-electron chi connectivity index (χ3n) is 3.29. The summed E-state index contributed by atoms with van der Waals surface area (Å²) in [5.74, 6) is 2.13. The molecule has 114 valence electrons. The van der Waals surface area contributed by atoms with Crippen LogP contribution in [0.15, 0.2) is 28.8 Å². The monoisotopic (exact) mass is 290 g/mol. The van der Waals surface area contributed by atoms with Gasteiger partial charge in [-0.3, -0.25) is 0 Å². The molecule has 2 rings (SSSR count). The average Bonchev–Trinajstić information content (AvgIpc) is 2.89. The zero-order valence-corrected chi connectivity index (χ0v) is 13.0. The maximum absolute atomic E-state index is 5.29. The summed E-state index contributed by atoms with van der Waals surface area (Å²) in [6.45, 7) is 3.16. The molecule has 1 atom stereocenters. The fourth-order valence-corrected chi connectivity index (χ4v) is 2.18. The van der Waals surface area contributed by atoms with Gasteiger partial charge in [-0.1, -0.05) is 17.3 Å². The van der Waals surface area contributed by atoms with Gasteiger partial charge in [0, 0.05) is 12.6 Å². The van der Waals surface area contributed by atoms with Crippen LogP contribution in [0.25, 0.3) is 0 Å². The predicted molar refractivity (Wildman–Crippen MR) is 80.2 cm³/mol. The minimum Gasteiger partial charge on any atom is -0.497 e. The lowest BCUT2D eigenvalue weighted by Crippen LogP contribution is -2.30. The fraction of sp³-hybridized carbons (Fsp3) is 0.467. The lowest BCUT2D eigenvalue weighted by molar-refractivity contribution is 0.280. The van der Waals surface area contributed by atoms with Gasteiger partial charge in [-0.05, 0) is 38.7 Å². The third-order valence-corrected chi connectivity index (χ3v) is 3.29. The Balaban J connectivity index is 1.98. The number of aryl methyl sites for hydroxylation is 1. The van der Waals surface area contributed by atoms with Gasteiger partial charge in [0.2, 0.25) is 5.89 Å². The smallest absolute Gasteiger partial charge is 0.240 e. The van der Waals surface area contributed by atoms with Gasteiger partial charge in [-0.25, -0.2) is 0 Å². The highest BCUT2D eigenvalue weighted by atomic mass is 16.5. The van der Waals surface area contributed by atoms with Crippen LogP contribution < -0.4 is 10.1 Å². The Morgan fingerprint density at radius 2 is 2.19 bits per heavy atom. The molecule has 0 aliphatic heterocycles. The number of ether oxygens (including phenoxy) is 1. The Hall–Kier alpha value is -1.92. The lowest BCUT2D eigenvalue weighted by Gasteiger charge is -2.25. The van der Waals surface area contributed by atoms with Crippen molar-refractivity contribution in [3.05, 3.63) is 41.5 Å². The highest BCUT2D eigenvalue weighted by molar-refractivity contribution is 5.30. The number of aromatic nitrogens is 2. The minimum atomic E-state index is 0.240. The molecule has 0 saturated carbocycles. The van der Waals surface area contributed by atoms with Gasteiger partial charge in [-0.15, -0.1) is 0 Å². The molecule has 0 fully saturated rings. The van der Waals surface area contributed by atoms with Gasteiger partial charge in [0.1, 0.15) is 5.75 Å². The van der Waals surface area contributed by atoms with Crippen molar-refractivity contribution in [2.75, 3.05) is 27.7 Å². The lowest BCUT2D eigenvalue weighted by atomic mass is 10.1. The van der Waals surface area contributed by atoms with Crippen molar-refractivity contribution in [2.45, 2.75) is 19.5 Å². The Morgan fingerprint density at radius 3 is 2.81 bits per heavy atom. The molecule has 6 heteroatoms. The summed E-state index contributed by atoms with van der Waals surface area (Å²) in [6, 6.07) is 8.36. The number of nitrogens with zero attached hydrogens (tertiary/aromatic N) is 3. The predicted octanol–water partition coefficient (Wildman–Crippen LogP) is 1.78. The van der Waals surface area contributed by atoms with Gasteiger partial charge in [0.15, 0.2) is 5.82 Å². The molecule has 1 N–H and O–H groups in total. The number of hydrogen-bond acceptors (Lipinski definition) is 6. The average molecular weight is 290 g/mol. The topological polar surface area (TPSA) is 63.4 Å². The molecule has 1 aromatic heterocycles. The van der Waals surface area contributed by atoms with Gasteiger partial charge < -0.3 is 19.5 Å². The Bertz CT molecular complexity index is 568. The van der Waals surface area contributed by atoms with Crippen LogP contribution in [0.5, 0.6) is 5.75 Å². The molecule has 0 unspecified atom stereocenters.